The summed E-state index contributed by atoms with van der Waals surface area (Å²) in [5, 5.41) is 18.7. The van der Waals surface area contributed by atoms with Gasteiger partial charge >= 0.3 is 0 Å². The Bertz CT molecular complexity index is 562. The Morgan fingerprint density at radius 3 is 2.95 bits per heavy atom. The summed E-state index contributed by atoms with van der Waals surface area (Å²) in [4.78, 5) is 11.7. The molecule has 1 amide bonds. The number of amides is 1. The Morgan fingerprint density at radius 1 is 1.35 bits per heavy atom. The summed E-state index contributed by atoms with van der Waals surface area (Å²) in [6, 6.07) is 0. The third kappa shape index (κ3) is 3.19. The molecule has 0 radical (unpaired) electrons. The van der Waals surface area contributed by atoms with E-state index >= 15 is 0 Å². The third-order valence-corrected chi connectivity index (χ3v) is 3.97. The standard InChI is InChI=1S/C12H15N5O2S/c18-9(14-12-17-13-7-20-12)5-6-10-15-16-11(19-10)8-3-1-2-4-8/h7-8H,1-6H2,(H,14,17,18). The van der Waals surface area contributed by atoms with E-state index in [1.165, 1.54) is 24.2 Å². The van der Waals surface area contributed by atoms with Crippen LogP contribution in [0.3, 0.4) is 0 Å². The maximum Gasteiger partial charge on any atom is 0.226 e. The average Bonchev–Trinajstić information content (AvgIpc) is 3.18. The molecule has 1 saturated carbocycles. The lowest BCUT2D eigenvalue weighted by Gasteiger charge is -2.00. The molecule has 1 aliphatic rings. The van der Waals surface area contributed by atoms with Gasteiger partial charge in [-0.25, -0.2) is 0 Å². The van der Waals surface area contributed by atoms with E-state index in [1.54, 1.807) is 5.51 Å². The number of nitrogens with one attached hydrogen (secondary N) is 1. The van der Waals surface area contributed by atoms with Gasteiger partial charge in [-0.3, -0.25) is 4.79 Å². The van der Waals surface area contributed by atoms with E-state index in [0.717, 1.165) is 18.7 Å². The summed E-state index contributed by atoms with van der Waals surface area (Å²) in [7, 11) is 0. The highest BCUT2D eigenvalue weighted by Gasteiger charge is 2.22. The van der Waals surface area contributed by atoms with Crippen molar-refractivity contribution < 1.29 is 9.21 Å². The number of carbonyl (C=O) groups is 1. The highest BCUT2D eigenvalue weighted by atomic mass is 32.1. The van der Waals surface area contributed by atoms with Crippen LogP contribution in [-0.2, 0) is 11.2 Å². The van der Waals surface area contributed by atoms with Gasteiger partial charge in [0.2, 0.25) is 22.8 Å². The molecule has 1 fully saturated rings. The fourth-order valence-corrected chi connectivity index (χ4v) is 2.80. The first-order chi connectivity index (χ1) is 9.81. The number of hydrogen-bond donors (Lipinski definition) is 1. The topological polar surface area (TPSA) is 93.8 Å². The van der Waals surface area contributed by atoms with Gasteiger partial charge in [-0.15, -0.1) is 20.4 Å². The lowest BCUT2D eigenvalue weighted by molar-refractivity contribution is -0.116. The Kier molecular flexibility index (Phi) is 4.00. The normalized spacial score (nSPS) is 15.6. The average molecular weight is 293 g/mol. The monoisotopic (exact) mass is 293 g/mol. The first-order valence-corrected chi connectivity index (χ1v) is 7.57. The molecule has 2 aromatic heterocycles. The van der Waals surface area contributed by atoms with Crippen LogP contribution in [0.1, 0.15) is 49.8 Å². The van der Waals surface area contributed by atoms with E-state index in [9.17, 15) is 4.79 Å². The lowest BCUT2D eigenvalue weighted by atomic mass is 10.1. The maximum atomic E-state index is 11.7. The van der Waals surface area contributed by atoms with Crippen LogP contribution in [-0.4, -0.2) is 26.3 Å². The molecule has 0 atom stereocenters. The molecule has 20 heavy (non-hydrogen) atoms. The fourth-order valence-electron chi connectivity index (χ4n) is 2.34. The van der Waals surface area contributed by atoms with E-state index in [-0.39, 0.29) is 5.91 Å². The molecule has 0 bridgehead atoms. The summed E-state index contributed by atoms with van der Waals surface area (Å²) in [5.41, 5.74) is 1.57. The van der Waals surface area contributed by atoms with Crippen molar-refractivity contribution in [2.45, 2.75) is 44.4 Å². The number of aromatic nitrogens is 4. The highest BCUT2D eigenvalue weighted by Crippen LogP contribution is 2.33. The first kappa shape index (κ1) is 13.2. The number of hydrogen-bond acceptors (Lipinski definition) is 7. The Hall–Kier alpha value is -1.83. The number of carbonyl (C=O) groups excluding carboxylic acids is 1. The Balaban J connectivity index is 1.49. The van der Waals surface area contributed by atoms with Crippen LogP contribution in [0.15, 0.2) is 9.93 Å². The molecule has 1 N–H and O–H groups in total. The summed E-state index contributed by atoms with van der Waals surface area (Å²) >= 11 is 1.29. The molecule has 0 aliphatic heterocycles. The van der Waals surface area contributed by atoms with Crippen molar-refractivity contribution in [1.82, 2.24) is 20.4 Å². The van der Waals surface area contributed by atoms with E-state index in [1.807, 2.05) is 0 Å². The summed E-state index contributed by atoms with van der Waals surface area (Å²) in [6.45, 7) is 0. The molecular formula is C12H15N5O2S. The van der Waals surface area contributed by atoms with Crippen molar-refractivity contribution in [1.29, 1.82) is 0 Å². The molecule has 2 heterocycles. The minimum absolute atomic E-state index is 0.123. The predicted octanol–water partition coefficient (Wildman–Crippen LogP) is 2.15. The second-order valence-electron chi connectivity index (χ2n) is 4.81. The molecule has 1 aliphatic carbocycles. The van der Waals surface area contributed by atoms with Gasteiger partial charge in [-0.1, -0.05) is 24.2 Å². The van der Waals surface area contributed by atoms with Crippen LogP contribution in [0.2, 0.25) is 0 Å². The van der Waals surface area contributed by atoms with E-state index < -0.39 is 0 Å². The van der Waals surface area contributed by atoms with E-state index in [2.05, 4.69) is 25.7 Å². The zero-order chi connectivity index (χ0) is 13.8. The van der Waals surface area contributed by atoms with Crippen molar-refractivity contribution in [3.63, 3.8) is 0 Å². The number of nitrogens with zero attached hydrogens (tertiary/aromatic N) is 4. The summed E-state index contributed by atoms with van der Waals surface area (Å²) in [6.07, 6.45) is 5.45. The zero-order valence-corrected chi connectivity index (χ0v) is 11.7. The van der Waals surface area contributed by atoms with E-state index in [4.69, 9.17) is 4.42 Å². The van der Waals surface area contributed by atoms with Gasteiger partial charge in [-0.2, -0.15) is 0 Å². The van der Waals surface area contributed by atoms with Crippen LogP contribution >= 0.6 is 11.3 Å². The lowest BCUT2D eigenvalue weighted by Crippen LogP contribution is -2.12. The molecule has 3 rings (SSSR count). The SMILES string of the molecule is O=C(CCc1nnc(C2CCCC2)o1)Nc1nncs1. The van der Waals surface area contributed by atoms with Crippen LogP contribution < -0.4 is 5.32 Å². The largest absolute Gasteiger partial charge is 0.425 e. The Morgan fingerprint density at radius 2 is 2.20 bits per heavy atom. The van der Waals surface area contributed by atoms with Crippen molar-refractivity contribution in [2.24, 2.45) is 0 Å². The predicted molar refractivity (Wildman–Crippen MR) is 72.4 cm³/mol. The maximum absolute atomic E-state index is 11.7. The van der Waals surface area contributed by atoms with Crippen molar-refractivity contribution in [3.8, 4) is 0 Å². The van der Waals surface area contributed by atoms with Crippen LogP contribution in [0.4, 0.5) is 5.13 Å². The molecule has 2 aromatic rings. The first-order valence-electron chi connectivity index (χ1n) is 6.69. The van der Waals surface area contributed by atoms with Crippen LogP contribution in [0, 0.1) is 0 Å². The van der Waals surface area contributed by atoms with Crippen molar-refractivity contribution in [2.75, 3.05) is 5.32 Å². The minimum atomic E-state index is -0.123. The molecule has 0 aromatic carbocycles. The molecule has 7 nitrogen and oxygen atoms in total. The molecule has 106 valence electrons. The van der Waals surface area contributed by atoms with Gasteiger partial charge < -0.3 is 9.73 Å². The smallest absolute Gasteiger partial charge is 0.226 e. The second kappa shape index (κ2) is 6.08. The fraction of sp³-hybridized carbons (Fsp3) is 0.583. The quantitative estimate of drug-likeness (QED) is 0.907. The van der Waals surface area contributed by atoms with Gasteiger partial charge in [0.25, 0.3) is 0 Å². The van der Waals surface area contributed by atoms with Crippen molar-refractivity contribution in [3.05, 3.63) is 17.3 Å². The van der Waals surface area contributed by atoms with Gasteiger partial charge in [0.05, 0.1) is 0 Å². The zero-order valence-electron chi connectivity index (χ0n) is 10.9. The van der Waals surface area contributed by atoms with Gasteiger partial charge in [-0.05, 0) is 12.8 Å². The van der Waals surface area contributed by atoms with Gasteiger partial charge in [0, 0.05) is 18.8 Å². The molecule has 0 saturated heterocycles. The summed E-state index contributed by atoms with van der Waals surface area (Å²) < 4.78 is 5.63. The van der Waals surface area contributed by atoms with Gasteiger partial charge in [0.15, 0.2) is 0 Å². The van der Waals surface area contributed by atoms with E-state index in [0.29, 0.717) is 29.8 Å². The number of rotatable bonds is 5. The Labute approximate surface area is 119 Å². The van der Waals surface area contributed by atoms with Crippen molar-refractivity contribution >= 4 is 22.4 Å². The number of anilines is 1. The van der Waals surface area contributed by atoms with Crippen LogP contribution in [0.25, 0.3) is 0 Å². The second-order valence-corrected chi connectivity index (χ2v) is 5.64. The summed E-state index contributed by atoms with van der Waals surface area (Å²) in [5.74, 6) is 1.54. The molecule has 8 heteroatoms. The van der Waals surface area contributed by atoms with Crippen LogP contribution in [0.5, 0.6) is 0 Å². The third-order valence-electron chi connectivity index (χ3n) is 3.36. The number of aryl methyl sites for hydroxylation is 1. The minimum Gasteiger partial charge on any atom is -0.425 e. The van der Waals surface area contributed by atoms with Gasteiger partial charge in [0.1, 0.15) is 5.51 Å². The molecule has 0 spiro atoms. The molecular weight excluding hydrogens is 278 g/mol. The molecule has 0 unspecified atom stereocenters. The highest BCUT2D eigenvalue weighted by molar-refractivity contribution is 7.13.